The summed E-state index contributed by atoms with van der Waals surface area (Å²) in [5.74, 6) is -0.925. The van der Waals surface area contributed by atoms with Crippen molar-refractivity contribution < 1.29 is 52.3 Å². The summed E-state index contributed by atoms with van der Waals surface area (Å²) < 4.78 is 35.7. The molecule has 0 radical (unpaired) electrons. The number of carbonyl (C=O) groups excluding carboxylic acids is 4. The third-order valence-electron chi connectivity index (χ3n) is 5.15. The first-order chi connectivity index (χ1) is 18.5. The van der Waals surface area contributed by atoms with E-state index in [0.29, 0.717) is 18.4 Å². The molecule has 0 heterocycles. The van der Waals surface area contributed by atoms with Gasteiger partial charge in [0, 0.05) is 0 Å². The third-order valence-corrected chi connectivity index (χ3v) is 5.15. The fraction of sp³-hybridized carbons (Fsp3) is 0.630. The molecule has 0 bridgehead atoms. The maximum atomic E-state index is 12.4. The molecule has 0 saturated heterocycles. The van der Waals surface area contributed by atoms with Crippen molar-refractivity contribution in [2.75, 3.05) is 13.2 Å². The molecule has 0 aliphatic rings. The highest BCUT2D eigenvalue weighted by atomic mass is 16.8. The minimum atomic E-state index is -1.09. The molecule has 0 aromatic heterocycles. The van der Waals surface area contributed by atoms with Crippen molar-refractivity contribution in [1.29, 1.82) is 0 Å². The third kappa shape index (κ3) is 13.7. The summed E-state index contributed by atoms with van der Waals surface area (Å²) in [5, 5.41) is 0. The SMILES string of the molecule is CCCC(C)OC(=O)Oc1ccc(C[C@H](N)C(=O)O[C@@H](C)COC(=O)OCC)cc1OC(=O)OC(C)CCC. The zero-order valence-electron chi connectivity index (χ0n) is 23.6. The Balaban J connectivity index is 2.94. The van der Waals surface area contributed by atoms with E-state index in [2.05, 4.69) is 4.74 Å². The number of rotatable bonds is 15. The van der Waals surface area contributed by atoms with Gasteiger partial charge in [0.25, 0.3) is 0 Å². The standard InChI is InChI=1S/C27H41NO11/c1-7-10-17(4)36-26(31)38-22-13-12-20(15-23(22)39-27(32)37-18(5)11-8-2)14-21(28)24(29)35-19(6)16-34-25(30)33-9-3/h12-13,15,17-19,21H,7-11,14,16,28H2,1-6H3/t17?,18?,19-,21-/m0/s1. The fourth-order valence-electron chi connectivity index (χ4n) is 3.33. The molecule has 0 fully saturated rings. The Labute approximate surface area is 229 Å². The Bertz CT molecular complexity index is 936. The van der Waals surface area contributed by atoms with E-state index < -0.39 is 36.6 Å². The lowest BCUT2D eigenvalue weighted by Crippen LogP contribution is -2.37. The van der Waals surface area contributed by atoms with Gasteiger partial charge in [-0.25, -0.2) is 14.4 Å². The van der Waals surface area contributed by atoms with E-state index in [4.69, 9.17) is 34.2 Å². The highest BCUT2D eigenvalue weighted by Gasteiger charge is 2.23. The first kappa shape index (κ1) is 33.5. The average molecular weight is 556 g/mol. The maximum Gasteiger partial charge on any atom is 0.514 e. The fourth-order valence-corrected chi connectivity index (χ4v) is 3.33. The number of benzene rings is 1. The van der Waals surface area contributed by atoms with E-state index in [1.807, 2.05) is 13.8 Å². The molecule has 1 aromatic carbocycles. The first-order valence-electron chi connectivity index (χ1n) is 13.1. The molecule has 1 aromatic rings. The van der Waals surface area contributed by atoms with Crippen molar-refractivity contribution in [1.82, 2.24) is 0 Å². The number of hydrogen-bond donors (Lipinski definition) is 1. The summed E-state index contributed by atoms with van der Waals surface area (Å²) in [6.45, 7) is 10.5. The number of esters is 1. The van der Waals surface area contributed by atoms with Crippen LogP contribution in [-0.4, -0.2) is 62.0 Å². The average Bonchev–Trinajstić information content (AvgIpc) is 2.84. The van der Waals surface area contributed by atoms with Crippen molar-refractivity contribution in [2.24, 2.45) is 5.73 Å². The molecule has 4 atom stereocenters. The number of nitrogens with two attached hydrogens (primary N) is 1. The molecule has 0 amide bonds. The molecule has 1 rings (SSSR count). The van der Waals surface area contributed by atoms with E-state index in [0.717, 1.165) is 12.8 Å². The molecule has 2 unspecified atom stereocenters. The van der Waals surface area contributed by atoms with Crippen LogP contribution < -0.4 is 15.2 Å². The molecule has 12 nitrogen and oxygen atoms in total. The van der Waals surface area contributed by atoms with Gasteiger partial charge >= 0.3 is 24.4 Å². The number of carbonyl (C=O) groups is 4. The van der Waals surface area contributed by atoms with Gasteiger partial charge in [0.1, 0.15) is 31.0 Å². The molecule has 0 saturated carbocycles. The van der Waals surface area contributed by atoms with Crippen LogP contribution in [0.4, 0.5) is 14.4 Å². The van der Waals surface area contributed by atoms with Gasteiger partial charge in [0.15, 0.2) is 11.5 Å². The molecular weight excluding hydrogens is 514 g/mol. The summed E-state index contributed by atoms with van der Waals surface area (Å²) in [5.41, 5.74) is 6.49. The lowest BCUT2D eigenvalue weighted by molar-refractivity contribution is -0.152. The second-order valence-electron chi connectivity index (χ2n) is 8.97. The molecule has 0 aliphatic carbocycles. The molecule has 2 N–H and O–H groups in total. The summed E-state index contributed by atoms with van der Waals surface area (Å²) in [4.78, 5) is 48.3. The number of ether oxygens (including phenoxy) is 7. The largest absolute Gasteiger partial charge is 0.514 e. The lowest BCUT2D eigenvalue weighted by atomic mass is 10.1. The van der Waals surface area contributed by atoms with Crippen LogP contribution in [0.3, 0.4) is 0 Å². The first-order valence-corrected chi connectivity index (χ1v) is 13.1. The van der Waals surface area contributed by atoms with Crippen molar-refractivity contribution in [3.63, 3.8) is 0 Å². The van der Waals surface area contributed by atoms with E-state index in [1.165, 1.54) is 19.1 Å². The monoisotopic (exact) mass is 555 g/mol. The van der Waals surface area contributed by atoms with Gasteiger partial charge in [0.05, 0.1) is 6.61 Å². The van der Waals surface area contributed by atoms with E-state index in [-0.39, 0.29) is 43.3 Å². The van der Waals surface area contributed by atoms with Crippen LogP contribution in [0, 0.1) is 0 Å². The predicted octanol–water partition coefficient (Wildman–Crippen LogP) is 5.07. The summed E-state index contributed by atoms with van der Waals surface area (Å²) in [6.07, 6.45) is -1.39. The van der Waals surface area contributed by atoms with Crippen LogP contribution >= 0.6 is 0 Å². The number of hydrogen-bond acceptors (Lipinski definition) is 12. The normalized spacial score (nSPS) is 13.7. The Hall–Kier alpha value is -3.54. The summed E-state index contributed by atoms with van der Waals surface area (Å²) in [6, 6.07) is 3.26. The van der Waals surface area contributed by atoms with Gasteiger partial charge in [-0.1, -0.05) is 32.8 Å². The highest BCUT2D eigenvalue weighted by molar-refractivity contribution is 5.76. The van der Waals surface area contributed by atoms with Crippen LogP contribution in [0.2, 0.25) is 0 Å². The molecule has 0 spiro atoms. The van der Waals surface area contributed by atoms with Crippen molar-refractivity contribution in [3.05, 3.63) is 23.8 Å². The predicted molar refractivity (Wildman–Crippen MR) is 140 cm³/mol. The minimum Gasteiger partial charge on any atom is -0.458 e. The van der Waals surface area contributed by atoms with Gasteiger partial charge in [-0.05, 0) is 64.7 Å². The quantitative estimate of drug-likeness (QED) is 0.174. The van der Waals surface area contributed by atoms with E-state index >= 15 is 0 Å². The van der Waals surface area contributed by atoms with Gasteiger partial charge in [-0.2, -0.15) is 0 Å². The molecule has 220 valence electrons. The molecular formula is C27H41NO11. The van der Waals surface area contributed by atoms with Gasteiger partial charge in [0.2, 0.25) is 0 Å². The summed E-state index contributed by atoms with van der Waals surface area (Å²) >= 11 is 0. The zero-order valence-corrected chi connectivity index (χ0v) is 23.6. The summed E-state index contributed by atoms with van der Waals surface area (Å²) in [7, 11) is 0. The Kier molecular flexibility index (Phi) is 15.3. The Morgan fingerprint density at radius 2 is 1.31 bits per heavy atom. The van der Waals surface area contributed by atoms with Crippen molar-refractivity contribution in [2.45, 2.75) is 98.0 Å². The second kappa shape index (κ2) is 17.9. The smallest absolute Gasteiger partial charge is 0.458 e. The van der Waals surface area contributed by atoms with Crippen LogP contribution in [0.1, 0.15) is 72.8 Å². The van der Waals surface area contributed by atoms with Crippen LogP contribution in [-0.2, 0) is 34.9 Å². The molecule has 0 aliphatic heterocycles. The lowest BCUT2D eigenvalue weighted by Gasteiger charge is -2.18. The molecule has 39 heavy (non-hydrogen) atoms. The Morgan fingerprint density at radius 3 is 1.85 bits per heavy atom. The molecule has 12 heteroatoms. The second-order valence-corrected chi connectivity index (χ2v) is 8.97. The van der Waals surface area contributed by atoms with Crippen LogP contribution in [0.25, 0.3) is 0 Å². The van der Waals surface area contributed by atoms with Gasteiger partial charge in [-0.3, -0.25) is 4.79 Å². The van der Waals surface area contributed by atoms with Crippen molar-refractivity contribution >= 4 is 24.4 Å². The zero-order chi connectivity index (χ0) is 29.4. The van der Waals surface area contributed by atoms with E-state index in [1.54, 1.807) is 26.8 Å². The van der Waals surface area contributed by atoms with Crippen LogP contribution in [0.5, 0.6) is 11.5 Å². The van der Waals surface area contributed by atoms with Crippen molar-refractivity contribution in [3.8, 4) is 11.5 Å². The minimum absolute atomic E-state index is 0.000191. The van der Waals surface area contributed by atoms with Gasteiger partial charge < -0.3 is 38.9 Å². The Morgan fingerprint density at radius 1 is 0.744 bits per heavy atom. The van der Waals surface area contributed by atoms with Gasteiger partial charge in [-0.15, -0.1) is 0 Å². The highest BCUT2D eigenvalue weighted by Crippen LogP contribution is 2.30. The topological polar surface area (TPSA) is 159 Å². The maximum absolute atomic E-state index is 12.4. The van der Waals surface area contributed by atoms with E-state index in [9.17, 15) is 19.2 Å². The van der Waals surface area contributed by atoms with Crippen LogP contribution in [0.15, 0.2) is 18.2 Å².